The average molecular weight is 418 g/mol. The van der Waals surface area contributed by atoms with Crippen molar-refractivity contribution in [2.45, 2.75) is 13.5 Å². The molecular weight excluding hydrogens is 398 g/mol. The molecule has 0 spiro atoms. The second kappa shape index (κ2) is 8.89. The van der Waals surface area contributed by atoms with Crippen molar-refractivity contribution >= 4 is 23.2 Å². The van der Waals surface area contributed by atoms with Crippen LogP contribution in [-0.4, -0.2) is 5.91 Å². The van der Waals surface area contributed by atoms with Gasteiger partial charge >= 0.3 is 0 Å². The molecule has 150 valence electrons. The Morgan fingerprint density at radius 2 is 1.67 bits per heavy atom. The molecule has 0 aliphatic heterocycles. The monoisotopic (exact) mass is 417 g/mol. The molecule has 1 aromatic heterocycles. The van der Waals surface area contributed by atoms with E-state index >= 15 is 0 Å². The van der Waals surface area contributed by atoms with Crippen molar-refractivity contribution in [1.29, 1.82) is 0 Å². The minimum Gasteiger partial charge on any atom is -0.486 e. The molecule has 0 radical (unpaired) electrons. The van der Waals surface area contributed by atoms with E-state index in [0.29, 0.717) is 22.2 Å². The van der Waals surface area contributed by atoms with Crippen LogP contribution in [0.1, 0.15) is 21.9 Å². The first-order valence-corrected chi connectivity index (χ1v) is 9.91. The van der Waals surface area contributed by atoms with Crippen molar-refractivity contribution in [1.82, 2.24) is 0 Å². The van der Waals surface area contributed by atoms with E-state index in [4.69, 9.17) is 20.8 Å². The Bertz CT molecular complexity index is 1150. The van der Waals surface area contributed by atoms with Gasteiger partial charge < -0.3 is 14.5 Å². The van der Waals surface area contributed by atoms with Crippen molar-refractivity contribution in [3.8, 4) is 16.9 Å². The lowest BCUT2D eigenvalue weighted by atomic mass is 10.1. The molecule has 3 aromatic carbocycles. The predicted molar refractivity (Wildman–Crippen MR) is 119 cm³/mol. The predicted octanol–water partition coefficient (Wildman–Crippen LogP) is 6.74. The third-order valence-electron chi connectivity index (χ3n) is 4.65. The molecule has 4 rings (SSSR count). The minimum atomic E-state index is -0.309. The number of halogens is 1. The Morgan fingerprint density at radius 3 is 2.40 bits per heavy atom. The van der Waals surface area contributed by atoms with Gasteiger partial charge in [-0.05, 0) is 66.1 Å². The van der Waals surface area contributed by atoms with Gasteiger partial charge in [-0.25, -0.2) is 0 Å². The van der Waals surface area contributed by atoms with Gasteiger partial charge in [-0.15, -0.1) is 0 Å². The van der Waals surface area contributed by atoms with E-state index in [0.717, 1.165) is 16.7 Å². The fourth-order valence-corrected chi connectivity index (χ4v) is 3.13. The van der Waals surface area contributed by atoms with Gasteiger partial charge in [0.25, 0.3) is 5.91 Å². The highest BCUT2D eigenvalue weighted by Gasteiger charge is 2.12. The number of aryl methyl sites for hydroxylation is 1. The normalized spacial score (nSPS) is 10.6. The summed E-state index contributed by atoms with van der Waals surface area (Å²) in [6.07, 6.45) is 0. The fourth-order valence-electron chi connectivity index (χ4n) is 3.01. The highest BCUT2D eigenvalue weighted by Crippen LogP contribution is 2.23. The van der Waals surface area contributed by atoms with Crippen molar-refractivity contribution in [3.05, 3.63) is 107 Å². The molecule has 1 heterocycles. The van der Waals surface area contributed by atoms with Crippen LogP contribution in [0.4, 0.5) is 5.69 Å². The first-order chi connectivity index (χ1) is 14.6. The molecule has 0 atom stereocenters. The Kier molecular flexibility index (Phi) is 5.87. The smallest absolute Gasteiger partial charge is 0.291 e. The molecule has 1 N–H and O–H groups in total. The van der Waals surface area contributed by atoms with E-state index in [2.05, 4.69) is 5.32 Å². The van der Waals surface area contributed by atoms with Gasteiger partial charge in [0.15, 0.2) is 5.76 Å². The van der Waals surface area contributed by atoms with Gasteiger partial charge in [0.1, 0.15) is 18.1 Å². The molecule has 4 nitrogen and oxygen atoms in total. The number of ether oxygens (including phenoxy) is 1. The molecule has 30 heavy (non-hydrogen) atoms. The number of amides is 1. The lowest BCUT2D eigenvalue weighted by molar-refractivity contribution is 0.0992. The van der Waals surface area contributed by atoms with Crippen LogP contribution in [0.25, 0.3) is 11.1 Å². The second-order valence-corrected chi connectivity index (χ2v) is 7.27. The first-order valence-electron chi connectivity index (χ1n) is 9.53. The Morgan fingerprint density at radius 1 is 0.933 bits per heavy atom. The van der Waals surface area contributed by atoms with Crippen LogP contribution in [0.3, 0.4) is 0 Å². The number of rotatable bonds is 6. The summed E-state index contributed by atoms with van der Waals surface area (Å²) in [5, 5.41) is 3.54. The first kappa shape index (κ1) is 19.8. The number of hydrogen-bond donors (Lipinski definition) is 1. The maximum Gasteiger partial charge on any atom is 0.291 e. The molecule has 0 aliphatic carbocycles. The van der Waals surface area contributed by atoms with Gasteiger partial charge in [-0.3, -0.25) is 4.79 Å². The van der Waals surface area contributed by atoms with Gasteiger partial charge in [0, 0.05) is 10.7 Å². The van der Waals surface area contributed by atoms with Crippen molar-refractivity contribution in [2.75, 3.05) is 5.32 Å². The summed E-state index contributed by atoms with van der Waals surface area (Å²) >= 11 is 6.02. The SMILES string of the molecule is Cc1cc(OCc2ccc(C(=O)Nc3ccc(-c4ccccc4)cc3)o2)ccc1Cl. The lowest BCUT2D eigenvalue weighted by Crippen LogP contribution is -2.10. The third-order valence-corrected chi connectivity index (χ3v) is 5.07. The second-order valence-electron chi connectivity index (χ2n) is 6.86. The highest BCUT2D eigenvalue weighted by atomic mass is 35.5. The molecule has 1 amide bonds. The zero-order chi connectivity index (χ0) is 20.9. The van der Waals surface area contributed by atoms with Crippen LogP contribution in [0, 0.1) is 6.92 Å². The number of carbonyl (C=O) groups is 1. The van der Waals surface area contributed by atoms with Crippen molar-refractivity contribution in [2.24, 2.45) is 0 Å². The van der Waals surface area contributed by atoms with Crippen LogP contribution < -0.4 is 10.1 Å². The van der Waals surface area contributed by atoms with E-state index < -0.39 is 0 Å². The molecule has 0 bridgehead atoms. The van der Waals surface area contributed by atoms with Crippen molar-refractivity contribution < 1.29 is 13.9 Å². The summed E-state index contributed by atoms with van der Waals surface area (Å²) in [6.45, 7) is 2.14. The summed E-state index contributed by atoms with van der Waals surface area (Å²) in [7, 11) is 0. The Labute approximate surface area is 180 Å². The number of anilines is 1. The van der Waals surface area contributed by atoms with E-state index in [9.17, 15) is 4.79 Å². The zero-order valence-electron chi connectivity index (χ0n) is 16.4. The number of furan rings is 1. The molecule has 0 aliphatic rings. The molecule has 0 saturated carbocycles. The summed E-state index contributed by atoms with van der Waals surface area (Å²) in [4.78, 5) is 12.5. The van der Waals surface area contributed by atoms with E-state index in [-0.39, 0.29) is 18.3 Å². The van der Waals surface area contributed by atoms with E-state index in [1.165, 1.54) is 0 Å². The average Bonchev–Trinajstić information content (AvgIpc) is 3.25. The Balaban J connectivity index is 1.36. The zero-order valence-corrected chi connectivity index (χ0v) is 17.1. The summed E-state index contributed by atoms with van der Waals surface area (Å²) in [6, 6.07) is 26.6. The minimum absolute atomic E-state index is 0.222. The lowest BCUT2D eigenvalue weighted by Gasteiger charge is -2.07. The number of hydrogen-bond acceptors (Lipinski definition) is 3. The van der Waals surface area contributed by atoms with Gasteiger partial charge in [0.2, 0.25) is 0 Å². The third kappa shape index (κ3) is 4.73. The van der Waals surface area contributed by atoms with E-state index in [1.807, 2.05) is 67.6 Å². The molecule has 0 saturated heterocycles. The topological polar surface area (TPSA) is 51.5 Å². The van der Waals surface area contributed by atoms with Crippen LogP contribution in [0.5, 0.6) is 5.75 Å². The van der Waals surface area contributed by atoms with Crippen LogP contribution in [0.2, 0.25) is 5.02 Å². The summed E-state index contributed by atoms with van der Waals surface area (Å²) in [5.74, 6) is 1.18. The largest absolute Gasteiger partial charge is 0.486 e. The molecule has 5 heteroatoms. The highest BCUT2D eigenvalue weighted by molar-refractivity contribution is 6.31. The van der Waals surface area contributed by atoms with Gasteiger partial charge in [0.05, 0.1) is 0 Å². The molecule has 0 fully saturated rings. The van der Waals surface area contributed by atoms with E-state index in [1.54, 1.807) is 24.3 Å². The number of nitrogens with one attached hydrogen (secondary N) is 1. The molecule has 0 unspecified atom stereocenters. The van der Waals surface area contributed by atoms with Crippen molar-refractivity contribution in [3.63, 3.8) is 0 Å². The summed E-state index contributed by atoms with van der Waals surface area (Å²) in [5.41, 5.74) is 3.85. The summed E-state index contributed by atoms with van der Waals surface area (Å²) < 4.78 is 11.3. The standard InChI is InChI=1S/C25H20ClNO3/c1-17-15-21(11-13-23(17)26)29-16-22-12-14-24(30-22)25(28)27-20-9-7-19(8-10-20)18-5-3-2-4-6-18/h2-15H,16H2,1H3,(H,27,28). The van der Waals surface area contributed by atoms with Crippen LogP contribution in [0.15, 0.2) is 89.3 Å². The molecular formula is C25H20ClNO3. The maximum absolute atomic E-state index is 12.5. The molecule has 4 aromatic rings. The Hall–Kier alpha value is -3.50. The number of carbonyl (C=O) groups excluding carboxylic acids is 1. The van der Waals surface area contributed by atoms with Crippen LogP contribution >= 0.6 is 11.6 Å². The van der Waals surface area contributed by atoms with Crippen LogP contribution in [-0.2, 0) is 6.61 Å². The van der Waals surface area contributed by atoms with Gasteiger partial charge in [-0.1, -0.05) is 54.1 Å². The van der Waals surface area contributed by atoms with Gasteiger partial charge in [-0.2, -0.15) is 0 Å². The quantitative estimate of drug-likeness (QED) is 0.378. The fraction of sp³-hybridized carbons (Fsp3) is 0.0800. The maximum atomic E-state index is 12.5. The number of benzene rings is 3.